The van der Waals surface area contributed by atoms with Crippen LogP contribution in [0.3, 0.4) is 0 Å². The van der Waals surface area contributed by atoms with Crippen molar-refractivity contribution in [3.8, 4) is 0 Å². The van der Waals surface area contributed by atoms with Gasteiger partial charge in [0.1, 0.15) is 0 Å². The van der Waals surface area contributed by atoms with E-state index in [-0.39, 0.29) is 4.90 Å². The van der Waals surface area contributed by atoms with E-state index in [1.54, 1.807) is 37.3 Å². The first-order valence-corrected chi connectivity index (χ1v) is 9.79. The van der Waals surface area contributed by atoms with Gasteiger partial charge in [-0.05, 0) is 44.0 Å². The molecule has 2 rings (SSSR count). The summed E-state index contributed by atoms with van der Waals surface area (Å²) in [5.41, 5.74) is 0.540. The normalized spacial score (nSPS) is 13.8. The third-order valence-electron chi connectivity index (χ3n) is 3.20. The second-order valence-electron chi connectivity index (χ2n) is 5.05. The summed E-state index contributed by atoms with van der Waals surface area (Å²) >= 11 is 0. The molecule has 1 unspecified atom stereocenters. The van der Waals surface area contributed by atoms with Crippen LogP contribution in [0, 0.1) is 0 Å². The highest BCUT2D eigenvalue weighted by molar-refractivity contribution is 7.90. The molecule has 9 heteroatoms. The van der Waals surface area contributed by atoms with Crippen molar-refractivity contribution in [2.75, 3.05) is 0 Å². The molecule has 0 saturated heterocycles. The zero-order valence-corrected chi connectivity index (χ0v) is 14.1. The van der Waals surface area contributed by atoms with Crippen LogP contribution in [0.2, 0.25) is 0 Å². The maximum Gasteiger partial charge on any atom is 0.333 e. The van der Waals surface area contributed by atoms with Gasteiger partial charge in [0.2, 0.25) is 0 Å². The molecule has 0 radical (unpaired) electrons. The Balaban J connectivity index is 2.17. The van der Waals surface area contributed by atoms with Crippen LogP contribution in [0.1, 0.15) is 19.0 Å². The van der Waals surface area contributed by atoms with E-state index < -0.39 is 26.4 Å². The predicted molar refractivity (Wildman–Crippen MR) is 85.4 cm³/mol. The van der Waals surface area contributed by atoms with Gasteiger partial charge in [0.05, 0.1) is 11.0 Å². The minimum atomic E-state index is -4.02. The van der Waals surface area contributed by atoms with Gasteiger partial charge in [-0.2, -0.15) is 8.42 Å². The Morgan fingerprint density at radius 1 is 1.09 bits per heavy atom. The summed E-state index contributed by atoms with van der Waals surface area (Å²) in [7, 11) is -7.70. The van der Waals surface area contributed by atoms with Gasteiger partial charge in [0.15, 0.2) is 0 Å². The number of rotatable bonds is 7. The van der Waals surface area contributed by atoms with Crippen molar-refractivity contribution >= 4 is 20.3 Å². The average Bonchev–Trinajstić information content (AvgIpc) is 2.93. The molecule has 23 heavy (non-hydrogen) atoms. The first kappa shape index (κ1) is 17.7. The van der Waals surface area contributed by atoms with Crippen molar-refractivity contribution in [3.63, 3.8) is 0 Å². The van der Waals surface area contributed by atoms with Crippen molar-refractivity contribution in [1.82, 2.24) is 3.97 Å². The fourth-order valence-corrected chi connectivity index (χ4v) is 4.14. The molecule has 1 atom stereocenters. The number of nitrogens with two attached hydrogens (primary N) is 1. The van der Waals surface area contributed by atoms with E-state index in [0.29, 0.717) is 18.5 Å². The number of aryl methyl sites for hydroxylation is 1. The number of hydrogen-bond donors (Lipinski definition) is 1. The summed E-state index contributed by atoms with van der Waals surface area (Å²) in [5, 5.41) is 4.81. The molecular weight excluding hydrogens is 340 g/mol. The van der Waals surface area contributed by atoms with Gasteiger partial charge in [-0.1, -0.05) is 18.2 Å². The molecule has 0 amide bonds. The lowest BCUT2D eigenvalue weighted by Gasteiger charge is -2.13. The molecule has 7 nitrogen and oxygen atoms in total. The Morgan fingerprint density at radius 3 is 2.35 bits per heavy atom. The van der Waals surface area contributed by atoms with E-state index in [4.69, 9.17) is 5.14 Å². The Labute approximate surface area is 136 Å². The molecule has 2 N–H and O–H groups in total. The van der Waals surface area contributed by atoms with Crippen LogP contribution in [-0.4, -0.2) is 26.9 Å². The molecule has 0 aliphatic heterocycles. The molecule has 1 heterocycles. The molecular formula is C14H18N2O5S2. The monoisotopic (exact) mass is 358 g/mol. The van der Waals surface area contributed by atoms with Crippen molar-refractivity contribution in [3.05, 3.63) is 54.4 Å². The van der Waals surface area contributed by atoms with Gasteiger partial charge in [0, 0.05) is 11.9 Å². The van der Waals surface area contributed by atoms with E-state index in [2.05, 4.69) is 4.18 Å². The molecule has 0 aliphatic rings. The average molecular weight is 358 g/mol. The van der Waals surface area contributed by atoms with Crippen LogP contribution in [-0.2, 0) is 30.9 Å². The first-order chi connectivity index (χ1) is 10.7. The molecule has 1 aromatic heterocycles. The van der Waals surface area contributed by atoms with Crippen LogP contribution >= 0.6 is 0 Å². The molecule has 0 fully saturated rings. The highest BCUT2D eigenvalue weighted by atomic mass is 32.2. The predicted octanol–water partition coefficient (Wildman–Crippen LogP) is 1.27. The summed E-state index contributed by atoms with van der Waals surface area (Å²) in [6.45, 7) is 1.56. The highest BCUT2D eigenvalue weighted by Gasteiger charge is 2.19. The highest BCUT2D eigenvalue weighted by Crippen LogP contribution is 2.18. The quantitative estimate of drug-likeness (QED) is 0.802. The van der Waals surface area contributed by atoms with Gasteiger partial charge in [-0.25, -0.2) is 17.5 Å². The number of aromatic nitrogens is 1. The zero-order chi connectivity index (χ0) is 17.1. The van der Waals surface area contributed by atoms with E-state index in [1.807, 2.05) is 0 Å². The van der Waals surface area contributed by atoms with Gasteiger partial charge < -0.3 is 0 Å². The number of benzene rings is 1. The van der Waals surface area contributed by atoms with E-state index in [9.17, 15) is 16.8 Å². The third-order valence-corrected chi connectivity index (χ3v) is 5.54. The molecule has 0 saturated carbocycles. The smallest absolute Gasteiger partial charge is 0.255 e. The minimum absolute atomic E-state index is 0.186. The lowest BCUT2D eigenvalue weighted by molar-refractivity contribution is 0.218. The molecule has 126 valence electrons. The van der Waals surface area contributed by atoms with Crippen LogP contribution in [0.25, 0.3) is 0 Å². The Morgan fingerprint density at radius 2 is 1.74 bits per heavy atom. The molecule has 0 aliphatic carbocycles. The van der Waals surface area contributed by atoms with Crippen molar-refractivity contribution in [2.24, 2.45) is 5.14 Å². The van der Waals surface area contributed by atoms with Crippen molar-refractivity contribution in [1.29, 1.82) is 0 Å². The van der Waals surface area contributed by atoms with Crippen molar-refractivity contribution in [2.45, 2.75) is 30.8 Å². The van der Waals surface area contributed by atoms with Crippen molar-refractivity contribution < 1.29 is 21.0 Å². The van der Waals surface area contributed by atoms with E-state index >= 15 is 0 Å². The second kappa shape index (κ2) is 6.83. The minimum Gasteiger partial charge on any atom is -0.255 e. The number of hydrogen-bond acceptors (Lipinski definition) is 5. The molecule has 0 bridgehead atoms. The topological polar surface area (TPSA) is 108 Å². The van der Waals surface area contributed by atoms with Gasteiger partial charge >= 0.3 is 10.3 Å². The van der Waals surface area contributed by atoms with Crippen LogP contribution in [0.5, 0.6) is 0 Å². The lowest BCUT2D eigenvalue weighted by atomic mass is 10.2. The second-order valence-corrected chi connectivity index (χ2v) is 8.04. The Bertz CT molecular complexity index is 858. The fourth-order valence-electron chi connectivity index (χ4n) is 2.16. The number of nitrogens with zero attached hydrogens (tertiary/aromatic N) is 1. The van der Waals surface area contributed by atoms with E-state index in [1.165, 1.54) is 22.3 Å². The van der Waals surface area contributed by atoms with Gasteiger partial charge in [-0.3, -0.25) is 4.18 Å². The SMILES string of the molecule is CC(CCc1cccn1S(=O)(=O)c1ccccc1)OS(N)(=O)=O. The van der Waals surface area contributed by atoms with Gasteiger partial charge in [-0.15, -0.1) is 0 Å². The van der Waals surface area contributed by atoms with Crippen LogP contribution in [0.15, 0.2) is 53.6 Å². The standard InChI is InChI=1S/C14H18N2O5S2/c1-12(21-23(15,19)20)9-10-13-6-5-11-16(13)22(17,18)14-7-3-2-4-8-14/h2-8,11-12H,9-10H2,1H3,(H2,15,19,20). The molecule has 0 spiro atoms. The van der Waals surface area contributed by atoms with Crippen LogP contribution < -0.4 is 5.14 Å². The fraction of sp³-hybridized carbons (Fsp3) is 0.286. The maximum atomic E-state index is 12.6. The Kier molecular flexibility index (Phi) is 5.25. The zero-order valence-electron chi connectivity index (χ0n) is 12.5. The third kappa shape index (κ3) is 4.64. The first-order valence-electron chi connectivity index (χ1n) is 6.88. The lowest BCUT2D eigenvalue weighted by Crippen LogP contribution is -2.23. The van der Waals surface area contributed by atoms with E-state index in [0.717, 1.165) is 0 Å². The summed E-state index contributed by atoms with van der Waals surface area (Å²) in [4.78, 5) is 0.186. The van der Waals surface area contributed by atoms with Gasteiger partial charge in [0.25, 0.3) is 10.0 Å². The molecule has 2 aromatic rings. The summed E-state index contributed by atoms with van der Waals surface area (Å²) in [5.74, 6) is 0. The Hall–Kier alpha value is -1.68. The van der Waals surface area contributed by atoms with Crippen LogP contribution in [0.4, 0.5) is 0 Å². The summed E-state index contributed by atoms with van der Waals surface area (Å²) in [6.07, 6.45) is 1.45. The maximum absolute atomic E-state index is 12.6. The summed E-state index contributed by atoms with van der Waals surface area (Å²) in [6, 6.07) is 11.4. The largest absolute Gasteiger partial charge is 0.333 e. The summed E-state index contributed by atoms with van der Waals surface area (Å²) < 4.78 is 52.8. The molecule has 1 aromatic carbocycles.